The Bertz CT molecular complexity index is 4420. The van der Waals surface area contributed by atoms with Crippen molar-refractivity contribution in [2.75, 3.05) is 0 Å². The van der Waals surface area contributed by atoms with E-state index < -0.39 is 0 Å². The van der Waals surface area contributed by atoms with Gasteiger partial charge in [-0.05, 0) is 149 Å². The molecule has 0 bridgehead atoms. The van der Waals surface area contributed by atoms with Gasteiger partial charge < -0.3 is 4.57 Å². The maximum atomic E-state index is 10.3. The molecule has 14 aromatic rings. The van der Waals surface area contributed by atoms with Crippen LogP contribution in [0.15, 0.2) is 231 Å². The molecule has 11 aromatic carbocycles. The Hall–Kier alpha value is -9.43. The van der Waals surface area contributed by atoms with E-state index in [9.17, 15) is 5.26 Å². The summed E-state index contributed by atoms with van der Waals surface area (Å²) in [5.74, 6) is 0. The molecule has 69 heavy (non-hydrogen) atoms. The summed E-state index contributed by atoms with van der Waals surface area (Å²) in [5, 5.41) is 24.2. The lowest BCUT2D eigenvalue weighted by Crippen LogP contribution is -1.95. The normalized spacial score (nSPS) is 11.8. The topological polar surface area (TPSA) is 54.5 Å². The van der Waals surface area contributed by atoms with Crippen molar-refractivity contribution >= 4 is 75.7 Å². The van der Waals surface area contributed by atoms with E-state index >= 15 is 0 Å². The van der Waals surface area contributed by atoms with Crippen LogP contribution in [0, 0.1) is 11.3 Å². The Morgan fingerprint density at radius 3 is 1.58 bits per heavy atom. The number of fused-ring (bicyclic) bond motifs is 4. The van der Waals surface area contributed by atoms with Crippen LogP contribution in [0.25, 0.3) is 137 Å². The third-order valence-corrected chi connectivity index (χ3v) is 14.3. The van der Waals surface area contributed by atoms with E-state index in [-0.39, 0.29) is 0 Å². The monoisotopic (exact) mass is 874 g/mol. The lowest BCUT2D eigenvalue weighted by Gasteiger charge is -2.21. The lowest BCUT2D eigenvalue weighted by molar-refractivity contribution is 1.18. The van der Waals surface area contributed by atoms with Crippen molar-refractivity contribution in [3.8, 4) is 67.7 Å². The second-order valence-electron chi connectivity index (χ2n) is 17.9. The summed E-state index contributed by atoms with van der Waals surface area (Å²) in [6.45, 7) is 0. The minimum Gasteiger partial charge on any atom is -0.309 e. The first-order chi connectivity index (χ1) is 34.2. The average molecular weight is 875 g/mol. The van der Waals surface area contributed by atoms with Gasteiger partial charge in [-0.3, -0.25) is 4.98 Å². The predicted molar refractivity (Wildman–Crippen MR) is 287 cm³/mol. The molecule has 14 rings (SSSR count). The number of para-hydroxylation sites is 1. The minimum absolute atomic E-state index is 0.681. The van der Waals surface area contributed by atoms with Gasteiger partial charge in [-0.25, -0.2) is 4.98 Å². The minimum atomic E-state index is 0.681. The van der Waals surface area contributed by atoms with E-state index in [2.05, 4.69) is 216 Å². The quantitative estimate of drug-likeness (QED) is 0.124. The van der Waals surface area contributed by atoms with Crippen LogP contribution >= 0.6 is 0 Å². The Kier molecular flexibility index (Phi) is 8.61. The molecule has 318 valence electrons. The van der Waals surface area contributed by atoms with Crippen LogP contribution in [0.1, 0.15) is 5.56 Å². The standard InChI is InChI=1S/C65H38N4/c66-39-45-25-31-60-64-50(45)28-29-53-49(30-32-61(65(53)64)69(60)46-15-2-1-3-16-46)43-23-26-54-56(37-43)62(51-19-8-13-40-11-4-6-17-47(40)51)55-27-24-44(59-22-10-21-58(68-59)42-33-35-67-36-34-42)38-57(55)63(54)52-20-9-14-41-12-5-7-18-48(41)52/h1-38H. The number of pyridine rings is 2. The van der Waals surface area contributed by atoms with Crippen molar-refractivity contribution in [1.29, 1.82) is 5.26 Å². The van der Waals surface area contributed by atoms with Crippen LogP contribution in [-0.2, 0) is 0 Å². The van der Waals surface area contributed by atoms with Gasteiger partial charge in [0.15, 0.2) is 0 Å². The summed E-state index contributed by atoms with van der Waals surface area (Å²) >= 11 is 0. The number of hydrogen-bond donors (Lipinski definition) is 0. The van der Waals surface area contributed by atoms with E-state index in [4.69, 9.17) is 4.98 Å². The molecule has 0 radical (unpaired) electrons. The van der Waals surface area contributed by atoms with E-state index in [0.717, 1.165) is 71.9 Å². The highest BCUT2D eigenvalue weighted by Gasteiger charge is 2.24. The Morgan fingerprint density at radius 1 is 0.362 bits per heavy atom. The zero-order valence-corrected chi connectivity index (χ0v) is 37.2. The summed E-state index contributed by atoms with van der Waals surface area (Å²) in [6.07, 6.45) is 3.63. The largest absolute Gasteiger partial charge is 0.309 e. The SMILES string of the molecule is N#Cc1ccc2c3c1ccc1c(-c4ccc5c(-c6cccc7ccccc67)c6cc(-c7cccc(-c8ccncc8)n7)ccc6c(-c6cccc7ccccc67)c5c4)ccc(c13)n2-c1ccccc1. The second-order valence-corrected chi connectivity index (χ2v) is 17.9. The zero-order chi connectivity index (χ0) is 45.6. The Morgan fingerprint density at radius 2 is 0.899 bits per heavy atom. The number of nitrogens with zero attached hydrogens (tertiary/aromatic N) is 4. The molecule has 0 saturated carbocycles. The highest BCUT2D eigenvalue weighted by Crippen LogP contribution is 2.50. The predicted octanol–water partition coefficient (Wildman–Crippen LogP) is 17.0. The van der Waals surface area contributed by atoms with Gasteiger partial charge in [0.2, 0.25) is 0 Å². The number of benzene rings is 11. The van der Waals surface area contributed by atoms with E-state index in [1.165, 1.54) is 65.3 Å². The summed E-state index contributed by atoms with van der Waals surface area (Å²) < 4.78 is 2.34. The number of nitriles is 1. The third-order valence-electron chi connectivity index (χ3n) is 14.3. The van der Waals surface area contributed by atoms with Crippen molar-refractivity contribution in [3.63, 3.8) is 0 Å². The second kappa shape index (κ2) is 15.3. The zero-order valence-electron chi connectivity index (χ0n) is 37.2. The van der Waals surface area contributed by atoms with Crippen LogP contribution in [0.5, 0.6) is 0 Å². The van der Waals surface area contributed by atoms with Crippen LogP contribution < -0.4 is 0 Å². The molecule has 0 aliphatic rings. The first-order valence-corrected chi connectivity index (χ1v) is 23.4. The molecule has 0 N–H and O–H groups in total. The van der Waals surface area contributed by atoms with Gasteiger partial charge >= 0.3 is 0 Å². The first-order valence-electron chi connectivity index (χ1n) is 23.4. The van der Waals surface area contributed by atoms with E-state index in [1.54, 1.807) is 0 Å². The molecule has 0 unspecified atom stereocenters. The molecule has 0 atom stereocenters. The van der Waals surface area contributed by atoms with Gasteiger partial charge in [-0.1, -0.05) is 152 Å². The van der Waals surface area contributed by atoms with E-state index in [1.807, 2.05) is 30.6 Å². The molecule has 4 heteroatoms. The fraction of sp³-hybridized carbons (Fsp3) is 0. The third kappa shape index (κ3) is 5.94. The number of aromatic nitrogens is 3. The summed E-state index contributed by atoms with van der Waals surface area (Å²) in [5.41, 5.74) is 14.9. The Balaban J connectivity index is 1.10. The van der Waals surface area contributed by atoms with Gasteiger partial charge in [-0.2, -0.15) is 5.26 Å². The van der Waals surface area contributed by atoms with Gasteiger partial charge in [0.1, 0.15) is 0 Å². The molecule has 3 aromatic heterocycles. The molecular weight excluding hydrogens is 837 g/mol. The van der Waals surface area contributed by atoms with Crippen molar-refractivity contribution in [2.45, 2.75) is 0 Å². The van der Waals surface area contributed by atoms with Gasteiger partial charge in [0.25, 0.3) is 0 Å². The highest BCUT2D eigenvalue weighted by atomic mass is 15.0. The summed E-state index contributed by atoms with van der Waals surface area (Å²) in [7, 11) is 0. The Labute approximate surface area is 397 Å². The van der Waals surface area contributed by atoms with Gasteiger partial charge in [-0.15, -0.1) is 0 Å². The van der Waals surface area contributed by atoms with Crippen molar-refractivity contribution < 1.29 is 0 Å². The molecule has 0 aliphatic carbocycles. The lowest BCUT2D eigenvalue weighted by atomic mass is 9.82. The van der Waals surface area contributed by atoms with Crippen molar-refractivity contribution in [2.24, 2.45) is 0 Å². The fourth-order valence-electron chi connectivity index (χ4n) is 11.3. The molecule has 3 heterocycles. The highest BCUT2D eigenvalue weighted by molar-refractivity contribution is 6.29. The molecule has 0 fully saturated rings. The molecule has 0 spiro atoms. The molecule has 0 saturated heterocycles. The summed E-state index contributed by atoms with van der Waals surface area (Å²) in [6, 6.07) is 81.2. The molecule has 0 aliphatic heterocycles. The van der Waals surface area contributed by atoms with Crippen LogP contribution in [0.2, 0.25) is 0 Å². The summed E-state index contributed by atoms with van der Waals surface area (Å²) in [4.78, 5) is 9.49. The van der Waals surface area contributed by atoms with Crippen LogP contribution in [0.4, 0.5) is 0 Å². The van der Waals surface area contributed by atoms with Gasteiger partial charge in [0.05, 0.1) is 34.1 Å². The smallest absolute Gasteiger partial charge is 0.0998 e. The van der Waals surface area contributed by atoms with Gasteiger partial charge in [0, 0.05) is 45.4 Å². The maximum Gasteiger partial charge on any atom is 0.0998 e. The van der Waals surface area contributed by atoms with Crippen LogP contribution in [0.3, 0.4) is 0 Å². The van der Waals surface area contributed by atoms with Crippen molar-refractivity contribution in [3.05, 3.63) is 236 Å². The first kappa shape index (κ1) is 38.8. The van der Waals surface area contributed by atoms with Crippen molar-refractivity contribution in [1.82, 2.24) is 14.5 Å². The number of hydrogen-bond acceptors (Lipinski definition) is 3. The fourth-order valence-corrected chi connectivity index (χ4v) is 11.3. The molecule has 0 amide bonds. The average Bonchev–Trinajstić information content (AvgIpc) is 3.77. The van der Waals surface area contributed by atoms with Crippen LogP contribution in [-0.4, -0.2) is 14.5 Å². The number of rotatable bonds is 6. The maximum absolute atomic E-state index is 10.3. The van der Waals surface area contributed by atoms with E-state index in [0.29, 0.717) is 5.56 Å². The molecule has 4 nitrogen and oxygen atoms in total. The molecular formula is C65H38N4.